The first-order valence-electron chi connectivity index (χ1n) is 6.94. The Morgan fingerprint density at radius 1 is 1.30 bits per heavy atom. The third-order valence-corrected chi connectivity index (χ3v) is 4.27. The van der Waals surface area contributed by atoms with Gasteiger partial charge in [0, 0.05) is 6.07 Å². The van der Waals surface area contributed by atoms with Gasteiger partial charge in [-0.3, -0.25) is 0 Å². The van der Waals surface area contributed by atoms with Gasteiger partial charge in [-0.25, -0.2) is 4.68 Å². The van der Waals surface area contributed by atoms with Crippen LogP contribution in [0.1, 0.15) is 38.1 Å². The van der Waals surface area contributed by atoms with Gasteiger partial charge in [0.15, 0.2) is 10.4 Å². The van der Waals surface area contributed by atoms with Gasteiger partial charge in [0.25, 0.3) is 0 Å². The molecule has 0 saturated heterocycles. The van der Waals surface area contributed by atoms with Crippen LogP contribution in [0.25, 0.3) is 11.5 Å². The Kier molecular flexibility index (Phi) is 3.85. The molecule has 2 heterocycles. The molecule has 2 unspecified atom stereocenters. The van der Waals surface area contributed by atoms with E-state index in [1.54, 1.807) is 10.7 Å². The van der Waals surface area contributed by atoms with Crippen molar-refractivity contribution < 1.29 is 9.52 Å². The van der Waals surface area contributed by atoms with Gasteiger partial charge >= 0.3 is 0 Å². The normalized spacial score (nSPS) is 23.7. The van der Waals surface area contributed by atoms with Crippen LogP contribution in [-0.2, 0) is 0 Å². The summed E-state index contributed by atoms with van der Waals surface area (Å²) in [5.41, 5.74) is 6.76. The fourth-order valence-electron chi connectivity index (χ4n) is 2.80. The number of halogens is 1. The fraction of sp³-hybridized carbons (Fsp3) is 0.500. The quantitative estimate of drug-likeness (QED) is 0.822. The minimum absolute atomic E-state index is 0.0374. The molecule has 6 heteroatoms. The predicted molar refractivity (Wildman–Crippen MR) is 80.2 cm³/mol. The molecule has 2 aromatic rings. The lowest BCUT2D eigenvalue weighted by molar-refractivity contribution is 0.100. The molecule has 1 fully saturated rings. The van der Waals surface area contributed by atoms with Gasteiger partial charge < -0.3 is 15.3 Å². The smallest absolute Gasteiger partial charge is 0.169 e. The maximum atomic E-state index is 10.3. The first-order chi connectivity index (χ1) is 9.65. The number of rotatable bonds is 2. The van der Waals surface area contributed by atoms with E-state index in [1.165, 1.54) is 0 Å². The molecule has 3 N–H and O–H groups in total. The molecular formula is C14H18BrN3O2. The highest BCUT2D eigenvalue weighted by Crippen LogP contribution is 2.32. The van der Waals surface area contributed by atoms with E-state index in [2.05, 4.69) is 21.0 Å². The second-order valence-corrected chi connectivity index (χ2v) is 6.06. The summed E-state index contributed by atoms with van der Waals surface area (Å²) in [5, 5.41) is 14.8. The van der Waals surface area contributed by atoms with E-state index in [4.69, 9.17) is 10.2 Å². The SMILES string of the molecule is Nc1cc(-c2ccc(Br)o2)nn1C1CCCCCC1O. The summed E-state index contributed by atoms with van der Waals surface area (Å²) in [7, 11) is 0. The maximum absolute atomic E-state index is 10.3. The number of furan rings is 1. The van der Waals surface area contributed by atoms with Crippen LogP contribution in [0.3, 0.4) is 0 Å². The van der Waals surface area contributed by atoms with Crippen molar-refractivity contribution >= 4 is 21.7 Å². The molecule has 0 aromatic carbocycles. The van der Waals surface area contributed by atoms with Gasteiger partial charge in [0.1, 0.15) is 11.5 Å². The minimum atomic E-state index is -0.379. The molecule has 0 bridgehead atoms. The second-order valence-electron chi connectivity index (χ2n) is 5.28. The minimum Gasteiger partial charge on any atom is -0.448 e. The molecule has 3 rings (SSSR count). The van der Waals surface area contributed by atoms with Crippen molar-refractivity contribution in [1.82, 2.24) is 9.78 Å². The van der Waals surface area contributed by atoms with Crippen molar-refractivity contribution in [1.29, 1.82) is 0 Å². The van der Waals surface area contributed by atoms with Crippen LogP contribution in [0.2, 0.25) is 0 Å². The van der Waals surface area contributed by atoms with Gasteiger partial charge in [-0.2, -0.15) is 5.10 Å². The highest BCUT2D eigenvalue weighted by Gasteiger charge is 2.26. The van der Waals surface area contributed by atoms with Crippen LogP contribution in [0.4, 0.5) is 5.82 Å². The Bertz CT molecular complexity index is 593. The van der Waals surface area contributed by atoms with Crippen molar-refractivity contribution in [3.8, 4) is 11.5 Å². The van der Waals surface area contributed by atoms with E-state index >= 15 is 0 Å². The Morgan fingerprint density at radius 3 is 2.85 bits per heavy atom. The summed E-state index contributed by atoms with van der Waals surface area (Å²) in [5.74, 6) is 1.24. The number of hydrogen-bond donors (Lipinski definition) is 2. The largest absolute Gasteiger partial charge is 0.448 e. The summed E-state index contributed by atoms with van der Waals surface area (Å²) in [4.78, 5) is 0. The highest BCUT2D eigenvalue weighted by atomic mass is 79.9. The number of nitrogens with two attached hydrogens (primary N) is 1. The summed E-state index contributed by atoms with van der Waals surface area (Å²) in [6.07, 6.45) is 4.67. The molecule has 108 valence electrons. The summed E-state index contributed by atoms with van der Waals surface area (Å²) in [6, 6.07) is 5.43. The molecule has 1 aliphatic rings. The van der Waals surface area contributed by atoms with Crippen molar-refractivity contribution in [2.75, 3.05) is 5.73 Å². The molecule has 0 aliphatic heterocycles. The molecule has 0 amide bonds. The zero-order chi connectivity index (χ0) is 14.1. The molecule has 0 radical (unpaired) electrons. The van der Waals surface area contributed by atoms with Crippen LogP contribution in [0.15, 0.2) is 27.3 Å². The average Bonchev–Trinajstić information content (AvgIpc) is 2.94. The van der Waals surface area contributed by atoms with Crippen LogP contribution in [0.5, 0.6) is 0 Å². The molecular weight excluding hydrogens is 322 g/mol. The Balaban J connectivity index is 1.92. The zero-order valence-corrected chi connectivity index (χ0v) is 12.7. The number of aromatic nitrogens is 2. The van der Waals surface area contributed by atoms with Crippen molar-refractivity contribution in [2.24, 2.45) is 0 Å². The van der Waals surface area contributed by atoms with E-state index in [1.807, 2.05) is 12.1 Å². The topological polar surface area (TPSA) is 77.2 Å². The molecule has 2 aromatic heterocycles. The van der Waals surface area contributed by atoms with E-state index < -0.39 is 0 Å². The lowest BCUT2D eigenvalue weighted by atomic mass is 10.1. The number of anilines is 1. The van der Waals surface area contributed by atoms with Crippen LogP contribution >= 0.6 is 15.9 Å². The van der Waals surface area contributed by atoms with Crippen molar-refractivity contribution in [3.05, 3.63) is 22.9 Å². The lowest BCUT2D eigenvalue weighted by Crippen LogP contribution is -2.25. The number of hydrogen-bond acceptors (Lipinski definition) is 4. The molecule has 5 nitrogen and oxygen atoms in total. The standard InChI is InChI=1S/C14H18BrN3O2/c15-13-7-6-12(20-13)9-8-14(16)18(17-9)10-4-2-1-3-5-11(10)19/h6-8,10-11,19H,1-5,16H2. The number of aliphatic hydroxyl groups is 1. The lowest BCUT2D eigenvalue weighted by Gasteiger charge is -2.21. The number of nitrogen functional groups attached to an aromatic ring is 1. The van der Waals surface area contributed by atoms with Crippen LogP contribution in [-0.4, -0.2) is 21.0 Å². The highest BCUT2D eigenvalue weighted by molar-refractivity contribution is 9.10. The Hall–Kier alpha value is -1.27. The van der Waals surface area contributed by atoms with Gasteiger partial charge in [0.2, 0.25) is 0 Å². The maximum Gasteiger partial charge on any atom is 0.169 e. The number of aliphatic hydroxyl groups excluding tert-OH is 1. The van der Waals surface area contributed by atoms with Crippen molar-refractivity contribution in [3.63, 3.8) is 0 Å². The molecule has 20 heavy (non-hydrogen) atoms. The third kappa shape index (κ3) is 2.62. The summed E-state index contributed by atoms with van der Waals surface area (Å²) in [6.45, 7) is 0. The Morgan fingerprint density at radius 2 is 2.10 bits per heavy atom. The average molecular weight is 340 g/mol. The first-order valence-corrected chi connectivity index (χ1v) is 7.73. The Labute approximate surface area is 125 Å². The van der Waals surface area contributed by atoms with E-state index in [-0.39, 0.29) is 12.1 Å². The molecule has 2 atom stereocenters. The van der Waals surface area contributed by atoms with Gasteiger partial charge in [-0.1, -0.05) is 19.3 Å². The third-order valence-electron chi connectivity index (χ3n) is 3.85. The molecule has 1 aliphatic carbocycles. The second kappa shape index (κ2) is 5.61. The van der Waals surface area contributed by atoms with Gasteiger partial charge in [0.05, 0.1) is 12.1 Å². The van der Waals surface area contributed by atoms with E-state index in [0.717, 1.165) is 32.1 Å². The van der Waals surface area contributed by atoms with Crippen molar-refractivity contribution in [2.45, 2.75) is 44.2 Å². The monoisotopic (exact) mass is 339 g/mol. The molecule has 0 spiro atoms. The predicted octanol–water partition coefficient (Wildman–Crippen LogP) is 3.35. The first kappa shape index (κ1) is 13.7. The number of nitrogens with zero attached hydrogens (tertiary/aromatic N) is 2. The fourth-order valence-corrected chi connectivity index (χ4v) is 3.11. The van der Waals surface area contributed by atoms with E-state index in [0.29, 0.717) is 21.9 Å². The molecule has 1 saturated carbocycles. The van der Waals surface area contributed by atoms with Crippen LogP contribution in [0, 0.1) is 0 Å². The van der Waals surface area contributed by atoms with Gasteiger partial charge in [-0.15, -0.1) is 0 Å². The van der Waals surface area contributed by atoms with Crippen LogP contribution < -0.4 is 5.73 Å². The summed E-state index contributed by atoms with van der Waals surface area (Å²) >= 11 is 3.28. The zero-order valence-electron chi connectivity index (χ0n) is 11.1. The van der Waals surface area contributed by atoms with Gasteiger partial charge in [-0.05, 0) is 40.9 Å². The van der Waals surface area contributed by atoms with E-state index in [9.17, 15) is 5.11 Å². The summed E-state index contributed by atoms with van der Waals surface area (Å²) < 4.78 is 7.91.